The third-order valence-corrected chi connectivity index (χ3v) is 3.08. The van der Waals surface area contributed by atoms with E-state index in [-0.39, 0.29) is 0 Å². The summed E-state index contributed by atoms with van der Waals surface area (Å²) in [5.41, 5.74) is 7.49. The van der Waals surface area contributed by atoms with E-state index in [1.807, 2.05) is 42.5 Å². The standard InChI is InChI=1S/C18H20N2O/c1-20(17-7-3-2-4-8-17)14-15-21-18-11-9-16(10-12-18)6-5-13-19/h2-4,7-12H,13-15,19H2,1H3. The van der Waals surface area contributed by atoms with Crippen molar-refractivity contribution in [1.82, 2.24) is 0 Å². The Labute approximate surface area is 126 Å². The van der Waals surface area contributed by atoms with Crippen molar-refractivity contribution in [3.63, 3.8) is 0 Å². The molecule has 0 spiro atoms. The van der Waals surface area contributed by atoms with Crippen molar-refractivity contribution in [2.24, 2.45) is 5.73 Å². The predicted molar refractivity (Wildman–Crippen MR) is 87.6 cm³/mol. The van der Waals surface area contributed by atoms with Crippen LogP contribution in [0.15, 0.2) is 54.6 Å². The molecular formula is C18H20N2O. The summed E-state index contributed by atoms with van der Waals surface area (Å²) in [6.45, 7) is 1.85. The highest BCUT2D eigenvalue weighted by atomic mass is 16.5. The molecule has 2 N–H and O–H groups in total. The second-order valence-corrected chi connectivity index (χ2v) is 4.64. The van der Waals surface area contributed by atoms with E-state index in [9.17, 15) is 0 Å². The molecule has 0 heterocycles. The number of nitrogens with two attached hydrogens (primary N) is 1. The van der Waals surface area contributed by atoms with Crippen LogP contribution in [0.1, 0.15) is 5.56 Å². The van der Waals surface area contributed by atoms with Crippen LogP contribution in [0.2, 0.25) is 0 Å². The van der Waals surface area contributed by atoms with Crippen LogP contribution in [-0.2, 0) is 0 Å². The fraction of sp³-hybridized carbons (Fsp3) is 0.222. The van der Waals surface area contributed by atoms with Gasteiger partial charge in [-0.05, 0) is 36.4 Å². The maximum absolute atomic E-state index is 5.74. The third-order valence-electron chi connectivity index (χ3n) is 3.08. The summed E-state index contributed by atoms with van der Waals surface area (Å²) >= 11 is 0. The molecule has 0 aliphatic heterocycles. The Kier molecular flexibility index (Phi) is 5.69. The number of nitrogens with zero attached hydrogens (tertiary/aromatic N) is 1. The first-order chi connectivity index (χ1) is 10.3. The van der Waals surface area contributed by atoms with E-state index < -0.39 is 0 Å². The van der Waals surface area contributed by atoms with E-state index >= 15 is 0 Å². The normalized spacial score (nSPS) is 9.62. The Balaban J connectivity index is 1.81. The molecule has 2 aromatic carbocycles. The Morgan fingerprint density at radius 2 is 1.76 bits per heavy atom. The average molecular weight is 280 g/mol. The molecule has 3 heteroatoms. The second kappa shape index (κ2) is 7.98. The van der Waals surface area contributed by atoms with Crippen LogP contribution in [0.3, 0.4) is 0 Å². The SMILES string of the molecule is CN(CCOc1ccc(C#CCN)cc1)c1ccccc1. The maximum atomic E-state index is 5.74. The number of ether oxygens (including phenoxy) is 1. The number of para-hydroxylation sites is 1. The second-order valence-electron chi connectivity index (χ2n) is 4.64. The first-order valence-corrected chi connectivity index (χ1v) is 6.97. The van der Waals surface area contributed by atoms with E-state index in [2.05, 4.69) is 35.9 Å². The van der Waals surface area contributed by atoms with Crippen LogP contribution in [0, 0.1) is 11.8 Å². The zero-order valence-electron chi connectivity index (χ0n) is 12.3. The topological polar surface area (TPSA) is 38.5 Å². The van der Waals surface area contributed by atoms with Crippen molar-refractivity contribution in [2.45, 2.75) is 0 Å². The van der Waals surface area contributed by atoms with Gasteiger partial charge < -0.3 is 15.4 Å². The largest absolute Gasteiger partial charge is 0.492 e. The van der Waals surface area contributed by atoms with Gasteiger partial charge in [0.15, 0.2) is 0 Å². The van der Waals surface area contributed by atoms with Gasteiger partial charge in [-0.2, -0.15) is 0 Å². The van der Waals surface area contributed by atoms with E-state index in [0.717, 1.165) is 17.9 Å². The zero-order chi connectivity index (χ0) is 14.9. The molecule has 21 heavy (non-hydrogen) atoms. The summed E-state index contributed by atoms with van der Waals surface area (Å²) in [4.78, 5) is 2.17. The summed E-state index contributed by atoms with van der Waals surface area (Å²) in [5.74, 6) is 6.68. The molecule has 0 saturated heterocycles. The van der Waals surface area contributed by atoms with Crippen LogP contribution >= 0.6 is 0 Å². The van der Waals surface area contributed by atoms with Gasteiger partial charge in [-0.3, -0.25) is 0 Å². The highest BCUT2D eigenvalue weighted by Gasteiger charge is 2.00. The molecule has 0 aromatic heterocycles. The van der Waals surface area contributed by atoms with Gasteiger partial charge in [-0.15, -0.1) is 0 Å². The highest BCUT2D eigenvalue weighted by Crippen LogP contribution is 2.13. The smallest absolute Gasteiger partial charge is 0.119 e. The Hall–Kier alpha value is -2.44. The lowest BCUT2D eigenvalue weighted by Gasteiger charge is -2.19. The summed E-state index contributed by atoms with van der Waals surface area (Å²) in [7, 11) is 2.06. The van der Waals surface area contributed by atoms with E-state index in [0.29, 0.717) is 13.2 Å². The quantitative estimate of drug-likeness (QED) is 0.855. The molecule has 3 nitrogen and oxygen atoms in total. The van der Waals surface area contributed by atoms with Gasteiger partial charge in [0, 0.05) is 18.3 Å². The first kappa shape index (κ1) is 15.0. The van der Waals surface area contributed by atoms with Gasteiger partial charge in [0.1, 0.15) is 12.4 Å². The molecule has 0 bridgehead atoms. The van der Waals surface area contributed by atoms with Crippen molar-refractivity contribution in [3.05, 3.63) is 60.2 Å². The minimum absolute atomic E-state index is 0.379. The molecule has 0 atom stereocenters. The van der Waals surface area contributed by atoms with E-state index in [4.69, 9.17) is 10.5 Å². The van der Waals surface area contributed by atoms with Crippen LogP contribution < -0.4 is 15.4 Å². The van der Waals surface area contributed by atoms with Gasteiger partial charge >= 0.3 is 0 Å². The van der Waals surface area contributed by atoms with Crippen molar-refractivity contribution in [2.75, 3.05) is 31.6 Å². The molecule has 2 rings (SSSR count). The minimum atomic E-state index is 0.379. The maximum Gasteiger partial charge on any atom is 0.119 e. The van der Waals surface area contributed by atoms with Crippen LogP contribution in [0.5, 0.6) is 5.75 Å². The summed E-state index contributed by atoms with van der Waals surface area (Å²) in [5, 5.41) is 0. The lowest BCUT2D eigenvalue weighted by molar-refractivity contribution is 0.326. The predicted octanol–water partition coefficient (Wildman–Crippen LogP) is 2.51. The van der Waals surface area contributed by atoms with Crippen LogP contribution in [-0.4, -0.2) is 26.7 Å². The molecule has 2 aromatic rings. The van der Waals surface area contributed by atoms with E-state index in [1.54, 1.807) is 0 Å². The average Bonchev–Trinajstić information content (AvgIpc) is 2.55. The van der Waals surface area contributed by atoms with Crippen molar-refractivity contribution >= 4 is 5.69 Å². The Bertz CT molecular complexity index is 597. The number of anilines is 1. The molecular weight excluding hydrogens is 260 g/mol. The van der Waals surface area contributed by atoms with Crippen LogP contribution in [0.4, 0.5) is 5.69 Å². The van der Waals surface area contributed by atoms with Gasteiger partial charge in [0.05, 0.1) is 13.1 Å². The van der Waals surface area contributed by atoms with Gasteiger partial charge in [-0.1, -0.05) is 30.0 Å². The van der Waals surface area contributed by atoms with Gasteiger partial charge in [0.2, 0.25) is 0 Å². The third kappa shape index (κ3) is 4.87. The molecule has 0 fully saturated rings. The lowest BCUT2D eigenvalue weighted by Crippen LogP contribution is -2.23. The first-order valence-electron chi connectivity index (χ1n) is 6.97. The van der Waals surface area contributed by atoms with Gasteiger partial charge in [-0.25, -0.2) is 0 Å². The molecule has 0 radical (unpaired) electrons. The molecule has 0 amide bonds. The number of benzene rings is 2. The molecule has 0 aliphatic carbocycles. The number of hydrogen-bond acceptors (Lipinski definition) is 3. The molecule has 0 unspecified atom stereocenters. The number of hydrogen-bond donors (Lipinski definition) is 1. The number of rotatable bonds is 5. The molecule has 108 valence electrons. The van der Waals surface area contributed by atoms with Crippen molar-refractivity contribution in [1.29, 1.82) is 0 Å². The summed E-state index contributed by atoms with van der Waals surface area (Å²) in [6, 6.07) is 18.0. The summed E-state index contributed by atoms with van der Waals surface area (Å²) in [6.07, 6.45) is 0. The Morgan fingerprint density at radius 1 is 1.05 bits per heavy atom. The summed E-state index contributed by atoms with van der Waals surface area (Å²) < 4.78 is 5.74. The minimum Gasteiger partial charge on any atom is -0.492 e. The zero-order valence-corrected chi connectivity index (χ0v) is 12.3. The fourth-order valence-corrected chi connectivity index (χ4v) is 1.90. The Morgan fingerprint density at radius 3 is 2.43 bits per heavy atom. The highest BCUT2D eigenvalue weighted by molar-refractivity contribution is 5.45. The van der Waals surface area contributed by atoms with Crippen LogP contribution in [0.25, 0.3) is 0 Å². The number of likely N-dealkylation sites (N-methyl/N-ethyl adjacent to an activating group) is 1. The molecule has 0 aliphatic rings. The van der Waals surface area contributed by atoms with Crippen molar-refractivity contribution in [3.8, 4) is 17.6 Å². The fourth-order valence-electron chi connectivity index (χ4n) is 1.90. The van der Waals surface area contributed by atoms with E-state index in [1.165, 1.54) is 5.69 Å². The van der Waals surface area contributed by atoms with Crippen molar-refractivity contribution < 1.29 is 4.74 Å². The lowest BCUT2D eigenvalue weighted by atomic mass is 10.2. The molecule has 0 saturated carbocycles. The van der Waals surface area contributed by atoms with Gasteiger partial charge in [0.25, 0.3) is 0 Å². The monoisotopic (exact) mass is 280 g/mol.